The molecule has 0 saturated carbocycles. The molecule has 0 spiro atoms. The SMILES string of the molecule is CNCC(C)(C)CC(=O)N/C(C(=O)Nc1ccccc1)=C(/NC)C(C)CN(C)C. The summed E-state index contributed by atoms with van der Waals surface area (Å²) >= 11 is 0. The van der Waals surface area contributed by atoms with Crippen LogP contribution in [-0.4, -0.2) is 58.0 Å². The molecule has 1 aromatic carbocycles. The highest BCUT2D eigenvalue weighted by molar-refractivity contribution is 6.06. The van der Waals surface area contributed by atoms with Crippen LogP contribution in [-0.2, 0) is 9.59 Å². The lowest BCUT2D eigenvalue weighted by molar-refractivity contribution is -0.124. The zero-order valence-corrected chi connectivity index (χ0v) is 18.8. The maximum atomic E-state index is 13.1. The largest absolute Gasteiger partial charge is 0.389 e. The van der Waals surface area contributed by atoms with Crippen LogP contribution in [0, 0.1) is 11.3 Å². The minimum Gasteiger partial charge on any atom is -0.389 e. The third kappa shape index (κ3) is 8.66. The van der Waals surface area contributed by atoms with E-state index in [4.69, 9.17) is 0 Å². The average Bonchev–Trinajstić information content (AvgIpc) is 2.61. The lowest BCUT2D eigenvalue weighted by Gasteiger charge is -2.26. The van der Waals surface area contributed by atoms with Crippen LogP contribution in [0.25, 0.3) is 0 Å². The fourth-order valence-corrected chi connectivity index (χ4v) is 3.38. The molecule has 2 amide bonds. The molecule has 29 heavy (non-hydrogen) atoms. The summed E-state index contributed by atoms with van der Waals surface area (Å²) in [6, 6.07) is 9.22. The second-order valence-electron chi connectivity index (χ2n) is 8.44. The van der Waals surface area contributed by atoms with Gasteiger partial charge in [-0.05, 0) is 38.7 Å². The van der Waals surface area contributed by atoms with E-state index >= 15 is 0 Å². The van der Waals surface area contributed by atoms with E-state index in [9.17, 15) is 9.59 Å². The molecule has 7 nitrogen and oxygen atoms in total. The van der Waals surface area contributed by atoms with Gasteiger partial charge in [0.15, 0.2) is 0 Å². The molecular formula is C22H37N5O2. The topological polar surface area (TPSA) is 85.5 Å². The number of para-hydroxylation sites is 1. The summed E-state index contributed by atoms with van der Waals surface area (Å²) in [6.45, 7) is 7.50. The molecule has 1 aromatic rings. The quantitative estimate of drug-likeness (QED) is 0.425. The first-order valence-electron chi connectivity index (χ1n) is 9.97. The van der Waals surface area contributed by atoms with Gasteiger partial charge in [-0.15, -0.1) is 0 Å². The van der Waals surface area contributed by atoms with Crippen LogP contribution < -0.4 is 21.3 Å². The van der Waals surface area contributed by atoms with E-state index in [-0.39, 0.29) is 28.8 Å². The van der Waals surface area contributed by atoms with Gasteiger partial charge in [0.1, 0.15) is 5.70 Å². The number of nitrogens with one attached hydrogen (secondary N) is 4. The number of anilines is 1. The van der Waals surface area contributed by atoms with Gasteiger partial charge in [-0.2, -0.15) is 0 Å². The number of rotatable bonds is 11. The first kappa shape index (κ1) is 24.7. The summed E-state index contributed by atoms with van der Waals surface area (Å²) in [5, 5.41) is 12.0. The third-order valence-corrected chi connectivity index (χ3v) is 4.49. The van der Waals surface area contributed by atoms with Gasteiger partial charge < -0.3 is 26.2 Å². The van der Waals surface area contributed by atoms with Gasteiger partial charge >= 0.3 is 0 Å². The van der Waals surface area contributed by atoms with Crippen molar-refractivity contribution in [1.29, 1.82) is 0 Å². The molecule has 0 aliphatic heterocycles. The molecule has 162 valence electrons. The molecule has 0 saturated heterocycles. The third-order valence-electron chi connectivity index (χ3n) is 4.49. The van der Waals surface area contributed by atoms with Crippen molar-refractivity contribution in [3.63, 3.8) is 0 Å². The summed E-state index contributed by atoms with van der Waals surface area (Å²) in [5.41, 5.74) is 1.41. The predicted molar refractivity (Wildman–Crippen MR) is 119 cm³/mol. The van der Waals surface area contributed by atoms with Gasteiger partial charge in [0.2, 0.25) is 5.91 Å². The van der Waals surface area contributed by atoms with Crippen LogP contribution in [0.5, 0.6) is 0 Å². The molecule has 1 atom stereocenters. The Morgan fingerprint density at radius 2 is 1.72 bits per heavy atom. The molecule has 0 heterocycles. The number of hydrogen-bond acceptors (Lipinski definition) is 5. The predicted octanol–water partition coefficient (Wildman–Crippen LogP) is 2.01. The van der Waals surface area contributed by atoms with Crippen molar-refractivity contribution < 1.29 is 9.59 Å². The van der Waals surface area contributed by atoms with Gasteiger partial charge in [0.05, 0.1) is 0 Å². The summed E-state index contributed by atoms with van der Waals surface area (Å²) in [4.78, 5) is 27.9. The maximum Gasteiger partial charge on any atom is 0.273 e. The number of amides is 2. The van der Waals surface area contributed by atoms with E-state index in [0.717, 1.165) is 6.54 Å². The summed E-state index contributed by atoms with van der Waals surface area (Å²) < 4.78 is 0. The summed E-state index contributed by atoms with van der Waals surface area (Å²) in [5.74, 6) is -0.503. The van der Waals surface area contributed by atoms with Gasteiger partial charge in [0, 0.05) is 43.9 Å². The molecule has 1 unspecified atom stereocenters. The van der Waals surface area contributed by atoms with Crippen molar-refractivity contribution in [1.82, 2.24) is 20.9 Å². The van der Waals surface area contributed by atoms with Crippen molar-refractivity contribution in [2.75, 3.05) is 46.6 Å². The zero-order chi connectivity index (χ0) is 22.0. The molecule has 0 aromatic heterocycles. The first-order valence-corrected chi connectivity index (χ1v) is 9.97. The number of nitrogens with zero attached hydrogens (tertiary/aromatic N) is 1. The minimum absolute atomic E-state index is 0.0251. The summed E-state index contributed by atoms with van der Waals surface area (Å²) in [7, 11) is 7.59. The number of carbonyl (C=O) groups is 2. The van der Waals surface area contributed by atoms with Crippen LogP contribution >= 0.6 is 0 Å². The Morgan fingerprint density at radius 1 is 1.10 bits per heavy atom. The van der Waals surface area contributed by atoms with Crippen LogP contribution in [0.2, 0.25) is 0 Å². The Kier molecular flexibility index (Phi) is 9.85. The van der Waals surface area contributed by atoms with E-state index in [2.05, 4.69) is 21.3 Å². The Bertz CT molecular complexity index is 698. The standard InChI is InChI=1S/C22H37N5O2/c1-16(14-27(6)7)19(24-5)20(21(29)25-17-11-9-8-10-12-17)26-18(28)13-22(2,3)15-23-4/h8-12,16,23-24H,13-15H2,1-7H3,(H,25,29)(H,26,28)/b20-19+. The first-order chi connectivity index (χ1) is 13.6. The zero-order valence-electron chi connectivity index (χ0n) is 18.8. The highest BCUT2D eigenvalue weighted by Gasteiger charge is 2.26. The number of benzene rings is 1. The molecule has 1 rings (SSSR count). The van der Waals surface area contributed by atoms with Gasteiger partial charge in [0.25, 0.3) is 5.91 Å². The lowest BCUT2D eigenvalue weighted by Crippen LogP contribution is -2.39. The Balaban J connectivity index is 3.17. The maximum absolute atomic E-state index is 13.1. The average molecular weight is 404 g/mol. The molecule has 0 radical (unpaired) electrons. The monoisotopic (exact) mass is 403 g/mol. The smallest absolute Gasteiger partial charge is 0.273 e. The number of carbonyl (C=O) groups excluding carboxylic acids is 2. The highest BCUT2D eigenvalue weighted by Crippen LogP contribution is 2.20. The van der Waals surface area contributed by atoms with Crippen LogP contribution in [0.1, 0.15) is 27.2 Å². The minimum atomic E-state index is -0.342. The Labute approximate surface area is 175 Å². The normalized spacial score (nSPS) is 13.5. The van der Waals surface area contributed by atoms with Crippen molar-refractivity contribution in [2.45, 2.75) is 27.2 Å². The fourth-order valence-electron chi connectivity index (χ4n) is 3.38. The van der Waals surface area contributed by atoms with Gasteiger partial charge in [-0.1, -0.05) is 39.0 Å². The van der Waals surface area contributed by atoms with Crippen LogP contribution in [0.4, 0.5) is 5.69 Å². The second kappa shape index (κ2) is 11.6. The van der Waals surface area contributed by atoms with Crippen LogP contribution in [0.3, 0.4) is 0 Å². The highest BCUT2D eigenvalue weighted by atomic mass is 16.2. The van der Waals surface area contributed by atoms with Crippen molar-refractivity contribution >= 4 is 17.5 Å². The van der Waals surface area contributed by atoms with Crippen molar-refractivity contribution in [3.8, 4) is 0 Å². The molecular weight excluding hydrogens is 366 g/mol. The van der Waals surface area contributed by atoms with E-state index < -0.39 is 0 Å². The van der Waals surface area contributed by atoms with E-state index in [1.54, 1.807) is 7.05 Å². The van der Waals surface area contributed by atoms with E-state index in [1.807, 2.05) is 77.1 Å². The molecule has 0 fully saturated rings. The van der Waals surface area contributed by atoms with E-state index in [0.29, 0.717) is 24.4 Å². The molecule has 7 heteroatoms. The molecule has 0 aliphatic rings. The molecule has 4 N–H and O–H groups in total. The molecule has 0 aliphatic carbocycles. The number of hydrogen-bond donors (Lipinski definition) is 4. The lowest BCUT2D eigenvalue weighted by atomic mass is 9.89. The summed E-state index contributed by atoms with van der Waals surface area (Å²) in [6.07, 6.45) is 0.301. The second-order valence-corrected chi connectivity index (χ2v) is 8.44. The Hall–Kier alpha value is -2.38. The van der Waals surface area contributed by atoms with Crippen molar-refractivity contribution in [2.24, 2.45) is 11.3 Å². The van der Waals surface area contributed by atoms with Gasteiger partial charge in [-0.3, -0.25) is 9.59 Å². The molecule has 0 bridgehead atoms. The Morgan fingerprint density at radius 3 is 2.24 bits per heavy atom. The van der Waals surface area contributed by atoms with Crippen LogP contribution in [0.15, 0.2) is 41.7 Å². The van der Waals surface area contributed by atoms with Gasteiger partial charge in [-0.25, -0.2) is 0 Å². The van der Waals surface area contributed by atoms with Crippen molar-refractivity contribution in [3.05, 3.63) is 41.7 Å². The fraction of sp³-hybridized carbons (Fsp3) is 0.545. The van der Waals surface area contributed by atoms with E-state index in [1.165, 1.54) is 0 Å².